The molecule has 0 aliphatic rings. The first kappa shape index (κ1) is 13.9. The van der Waals surface area contributed by atoms with Gasteiger partial charge in [-0.3, -0.25) is 0 Å². The summed E-state index contributed by atoms with van der Waals surface area (Å²) >= 11 is 0. The number of hydrogen-bond acceptors (Lipinski definition) is 3. The number of rotatable bonds is 3. The number of aliphatic hydroxyl groups is 1. The lowest BCUT2D eigenvalue weighted by Gasteiger charge is -2.09. The molecule has 2 N–H and O–H groups in total. The maximum Gasteiger partial charge on any atom is 0.416 e. The minimum absolute atomic E-state index is 0.0597. The Hall–Kier alpha value is -2.16. The van der Waals surface area contributed by atoms with Crippen molar-refractivity contribution in [2.45, 2.75) is 13.1 Å². The topological polar surface area (TPSA) is 56.0 Å². The van der Waals surface area contributed by atoms with Crippen LogP contribution >= 0.6 is 0 Å². The Morgan fingerprint density at radius 3 is 2.28 bits per heavy atom. The Morgan fingerprint density at radius 2 is 1.89 bits per heavy atom. The van der Waals surface area contributed by atoms with Crippen LogP contribution in [0.1, 0.15) is 12.5 Å². The SMILES string of the molecule is C/C(O)=C(/C#N)CNc1ccc(C(F)(F)F)cc1. The summed E-state index contributed by atoms with van der Waals surface area (Å²) in [4.78, 5) is 0. The fourth-order valence-electron chi connectivity index (χ4n) is 1.22. The zero-order valence-corrected chi connectivity index (χ0v) is 9.54. The minimum Gasteiger partial charge on any atom is -0.512 e. The van der Waals surface area contributed by atoms with Gasteiger partial charge in [0.2, 0.25) is 0 Å². The van der Waals surface area contributed by atoms with E-state index in [4.69, 9.17) is 10.4 Å². The molecule has 0 aliphatic carbocycles. The maximum atomic E-state index is 12.3. The first-order chi connectivity index (χ1) is 8.34. The van der Waals surface area contributed by atoms with Crippen LogP contribution in [0.2, 0.25) is 0 Å². The van der Waals surface area contributed by atoms with E-state index < -0.39 is 11.7 Å². The second kappa shape index (κ2) is 5.45. The third-order valence-corrected chi connectivity index (χ3v) is 2.25. The van der Waals surface area contributed by atoms with Gasteiger partial charge in [0, 0.05) is 5.69 Å². The van der Waals surface area contributed by atoms with Gasteiger partial charge in [-0.25, -0.2) is 0 Å². The molecule has 0 unspecified atom stereocenters. The molecule has 96 valence electrons. The van der Waals surface area contributed by atoms with Crippen LogP contribution in [0.15, 0.2) is 35.6 Å². The highest BCUT2D eigenvalue weighted by atomic mass is 19.4. The van der Waals surface area contributed by atoms with E-state index in [1.807, 2.05) is 0 Å². The Kier molecular flexibility index (Phi) is 4.21. The number of alkyl halides is 3. The van der Waals surface area contributed by atoms with Crippen molar-refractivity contribution in [2.75, 3.05) is 11.9 Å². The Labute approximate surface area is 102 Å². The van der Waals surface area contributed by atoms with Gasteiger partial charge >= 0.3 is 6.18 Å². The molecule has 0 fully saturated rings. The summed E-state index contributed by atoms with van der Waals surface area (Å²) in [5, 5.41) is 20.5. The molecule has 0 aromatic heterocycles. The predicted octanol–water partition coefficient (Wildman–Crippen LogP) is 3.47. The summed E-state index contributed by atoms with van der Waals surface area (Å²) in [6, 6.07) is 6.23. The van der Waals surface area contributed by atoms with E-state index >= 15 is 0 Å². The lowest BCUT2D eigenvalue weighted by molar-refractivity contribution is -0.137. The van der Waals surface area contributed by atoms with Gasteiger partial charge in [0.05, 0.1) is 17.7 Å². The Bertz CT molecular complexity index is 480. The van der Waals surface area contributed by atoms with Gasteiger partial charge < -0.3 is 10.4 Å². The average Bonchev–Trinajstić information content (AvgIpc) is 2.29. The molecule has 6 heteroatoms. The summed E-state index contributed by atoms with van der Waals surface area (Å²) in [7, 11) is 0. The zero-order chi connectivity index (χ0) is 13.8. The van der Waals surface area contributed by atoms with Gasteiger partial charge in [0.1, 0.15) is 11.8 Å². The molecule has 0 saturated heterocycles. The molecular formula is C12H11F3N2O. The number of nitriles is 1. The summed E-state index contributed by atoms with van der Waals surface area (Å²) in [5.41, 5.74) is -0.158. The fourth-order valence-corrected chi connectivity index (χ4v) is 1.22. The normalized spacial score (nSPS) is 12.6. The third-order valence-electron chi connectivity index (χ3n) is 2.25. The van der Waals surface area contributed by atoms with E-state index in [1.54, 1.807) is 6.07 Å². The highest BCUT2D eigenvalue weighted by Crippen LogP contribution is 2.29. The van der Waals surface area contributed by atoms with Crippen molar-refractivity contribution in [1.29, 1.82) is 5.26 Å². The van der Waals surface area contributed by atoms with Crippen molar-refractivity contribution in [1.82, 2.24) is 0 Å². The molecule has 0 aliphatic heterocycles. The molecule has 3 nitrogen and oxygen atoms in total. The van der Waals surface area contributed by atoms with Crippen LogP contribution in [0.5, 0.6) is 0 Å². The van der Waals surface area contributed by atoms with Crippen LogP contribution in [0, 0.1) is 11.3 Å². The Balaban J connectivity index is 2.72. The number of halogens is 3. The highest BCUT2D eigenvalue weighted by molar-refractivity contribution is 5.47. The van der Waals surface area contributed by atoms with Crippen molar-refractivity contribution >= 4 is 5.69 Å². The lowest BCUT2D eigenvalue weighted by Crippen LogP contribution is -2.07. The molecule has 1 aromatic carbocycles. The summed E-state index contributed by atoms with van der Waals surface area (Å²) in [6.45, 7) is 1.43. The van der Waals surface area contributed by atoms with E-state index in [2.05, 4.69) is 5.32 Å². The number of benzene rings is 1. The van der Waals surface area contributed by atoms with Gasteiger partial charge in [0.25, 0.3) is 0 Å². The highest BCUT2D eigenvalue weighted by Gasteiger charge is 2.29. The monoisotopic (exact) mass is 256 g/mol. The maximum absolute atomic E-state index is 12.3. The van der Waals surface area contributed by atoms with Crippen LogP contribution in [0.4, 0.5) is 18.9 Å². The van der Waals surface area contributed by atoms with Crippen molar-refractivity contribution < 1.29 is 18.3 Å². The van der Waals surface area contributed by atoms with Crippen LogP contribution in [0.3, 0.4) is 0 Å². The third kappa shape index (κ3) is 3.70. The molecule has 1 rings (SSSR count). The Morgan fingerprint density at radius 1 is 1.33 bits per heavy atom. The quantitative estimate of drug-likeness (QED) is 0.643. The van der Waals surface area contributed by atoms with E-state index in [9.17, 15) is 13.2 Å². The number of allylic oxidation sites excluding steroid dienone is 1. The summed E-state index contributed by atoms with van der Waals surface area (Å²) in [5.74, 6) is -0.114. The molecule has 18 heavy (non-hydrogen) atoms. The molecule has 0 spiro atoms. The molecule has 0 saturated carbocycles. The van der Waals surface area contributed by atoms with E-state index in [-0.39, 0.29) is 17.9 Å². The summed E-state index contributed by atoms with van der Waals surface area (Å²) < 4.78 is 36.9. The van der Waals surface area contributed by atoms with E-state index in [0.717, 1.165) is 12.1 Å². The first-order valence-electron chi connectivity index (χ1n) is 5.04. The fraction of sp³-hybridized carbons (Fsp3) is 0.250. The van der Waals surface area contributed by atoms with Gasteiger partial charge in [0.15, 0.2) is 0 Å². The number of hydrogen-bond donors (Lipinski definition) is 2. The standard InChI is InChI=1S/C12H11F3N2O/c1-8(18)9(6-16)7-17-11-4-2-10(3-5-11)12(13,14)15/h2-5,17-18H,7H2,1H3/b9-8+. The van der Waals surface area contributed by atoms with Crippen molar-refractivity contribution in [3.8, 4) is 6.07 Å². The van der Waals surface area contributed by atoms with Crippen LogP contribution in [-0.4, -0.2) is 11.7 Å². The molecule has 0 bridgehead atoms. The zero-order valence-electron chi connectivity index (χ0n) is 9.54. The van der Waals surface area contributed by atoms with Crippen LogP contribution < -0.4 is 5.32 Å². The largest absolute Gasteiger partial charge is 0.512 e. The number of nitrogens with one attached hydrogen (secondary N) is 1. The number of aliphatic hydroxyl groups excluding tert-OH is 1. The van der Waals surface area contributed by atoms with E-state index in [1.165, 1.54) is 19.1 Å². The predicted molar refractivity (Wildman–Crippen MR) is 60.9 cm³/mol. The first-order valence-corrected chi connectivity index (χ1v) is 5.04. The van der Waals surface area contributed by atoms with Gasteiger partial charge in [-0.15, -0.1) is 0 Å². The molecule has 0 amide bonds. The van der Waals surface area contributed by atoms with Gasteiger partial charge in [-0.2, -0.15) is 18.4 Å². The minimum atomic E-state index is -4.36. The molecule has 0 radical (unpaired) electrons. The number of anilines is 1. The van der Waals surface area contributed by atoms with Crippen molar-refractivity contribution in [3.05, 3.63) is 41.2 Å². The van der Waals surface area contributed by atoms with Crippen LogP contribution in [0.25, 0.3) is 0 Å². The smallest absolute Gasteiger partial charge is 0.416 e. The molecule has 0 heterocycles. The van der Waals surface area contributed by atoms with Crippen molar-refractivity contribution in [3.63, 3.8) is 0 Å². The van der Waals surface area contributed by atoms with Crippen molar-refractivity contribution in [2.24, 2.45) is 0 Å². The molecule has 1 aromatic rings. The van der Waals surface area contributed by atoms with Gasteiger partial charge in [-0.05, 0) is 31.2 Å². The molecular weight excluding hydrogens is 245 g/mol. The molecule has 0 atom stereocenters. The summed E-state index contributed by atoms with van der Waals surface area (Å²) in [6.07, 6.45) is -4.36. The number of nitrogens with zero attached hydrogens (tertiary/aromatic N) is 1. The van der Waals surface area contributed by atoms with Gasteiger partial charge in [-0.1, -0.05) is 0 Å². The van der Waals surface area contributed by atoms with E-state index in [0.29, 0.717) is 5.69 Å². The second-order valence-electron chi connectivity index (χ2n) is 3.60. The lowest BCUT2D eigenvalue weighted by atomic mass is 10.2. The second-order valence-corrected chi connectivity index (χ2v) is 3.60. The average molecular weight is 256 g/mol. The van der Waals surface area contributed by atoms with Crippen LogP contribution in [-0.2, 0) is 6.18 Å².